The standard InChI is InChI=1S/C29H43FN6O5/c1-19(2)22-15-31-36-24(14-23(33-25(22)36)20-8-12-39-13-9-20)32-21-6-10-34(11-7-21)26(37)40-18-29(30)16-35(17-29)27(38)41-28(3,4)5/h14-15,19-21,32H,6-13,16-18H2,1-5H3. The van der Waals surface area contributed by atoms with E-state index in [2.05, 4.69) is 30.3 Å². The topological polar surface area (TPSA) is 111 Å². The van der Waals surface area contributed by atoms with Crippen LogP contribution in [0.5, 0.6) is 0 Å². The quantitative estimate of drug-likeness (QED) is 0.528. The maximum atomic E-state index is 15.0. The summed E-state index contributed by atoms with van der Waals surface area (Å²) in [6.07, 6.45) is 4.15. The Morgan fingerprint density at radius 3 is 2.44 bits per heavy atom. The first-order valence-corrected chi connectivity index (χ1v) is 14.7. The summed E-state index contributed by atoms with van der Waals surface area (Å²) < 4.78 is 33.0. The molecule has 3 aliphatic rings. The van der Waals surface area contributed by atoms with Crippen molar-refractivity contribution >= 4 is 23.7 Å². The van der Waals surface area contributed by atoms with Crippen LogP contribution in [0.25, 0.3) is 5.65 Å². The number of nitrogens with zero attached hydrogens (tertiary/aromatic N) is 5. The average Bonchev–Trinajstić information content (AvgIpc) is 3.35. The number of piperidine rings is 1. The number of hydrogen-bond donors (Lipinski definition) is 1. The van der Waals surface area contributed by atoms with Crippen molar-refractivity contribution in [2.75, 3.05) is 51.3 Å². The van der Waals surface area contributed by atoms with Gasteiger partial charge in [0.05, 0.1) is 19.3 Å². The van der Waals surface area contributed by atoms with Gasteiger partial charge in [0, 0.05) is 55.6 Å². The lowest BCUT2D eigenvalue weighted by molar-refractivity contribution is -0.0784. The lowest BCUT2D eigenvalue weighted by Crippen LogP contribution is -2.64. The van der Waals surface area contributed by atoms with Crippen LogP contribution in [0.1, 0.15) is 83.4 Å². The SMILES string of the molecule is CC(C)c1cnn2c(NC3CCN(C(=O)OCC4(F)CN(C(=O)OC(C)(C)C)C4)CC3)cc(C3CCOCC3)nc12. The Labute approximate surface area is 240 Å². The Balaban J connectivity index is 1.15. The number of halogens is 1. The highest BCUT2D eigenvalue weighted by Crippen LogP contribution is 2.31. The minimum absolute atomic E-state index is 0.139. The van der Waals surface area contributed by atoms with Crippen LogP contribution < -0.4 is 5.32 Å². The maximum Gasteiger partial charge on any atom is 0.410 e. The summed E-state index contributed by atoms with van der Waals surface area (Å²) in [5, 5.41) is 8.31. The number of alkyl halides is 1. The number of hydrogen-bond acceptors (Lipinski definition) is 8. The molecule has 5 heterocycles. The summed E-state index contributed by atoms with van der Waals surface area (Å²) in [4.78, 5) is 32.7. The van der Waals surface area contributed by atoms with Crippen molar-refractivity contribution in [3.63, 3.8) is 0 Å². The van der Waals surface area contributed by atoms with Gasteiger partial charge >= 0.3 is 12.2 Å². The number of likely N-dealkylation sites (tertiary alicyclic amines) is 2. The highest BCUT2D eigenvalue weighted by Gasteiger charge is 2.48. The van der Waals surface area contributed by atoms with Crippen molar-refractivity contribution < 1.29 is 28.2 Å². The zero-order valence-electron chi connectivity index (χ0n) is 24.8. The summed E-state index contributed by atoms with van der Waals surface area (Å²) in [6.45, 7) is 11.4. The molecule has 3 fully saturated rings. The summed E-state index contributed by atoms with van der Waals surface area (Å²) in [5.41, 5.74) is 0.665. The van der Waals surface area contributed by atoms with Crippen LogP contribution in [-0.2, 0) is 14.2 Å². The van der Waals surface area contributed by atoms with Crippen LogP contribution in [0.15, 0.2) is 12.3 Å². The Morgan fingerprint density at radius 2 is 1.80 bits per heavy atom. The van der Waals surface area contributed by atoms with Crippen molar-refractivity contribution in [3.05, 3.63) is 23.5 Å². The molecule has 226 valence electrons. The molecule has 2 amide bonds. The van der Waals surface area contributed by atoms with E-state index in [1.165, 1.54) is 4.90 Å². The first kappa shape index (κ1) is 29.3. The number of fused-ring (bicyclic) bond motifs is 1. The molecule has 1 N–H and O–H groups in total. The average molecular weight is 575 g/mol. The Kier molecular flexibility index (Phi) is 8.31. The number of carbonyl (C=O) groups is 2. The molecule has 0 aliphatic carbocycles. The zero-order valence-corrected chi connectivity index (χ0v) is 24.8. The Morgan fingerprint density at radius 1 is 1.12 bits per heavy atom. The second-order valence-corrected chi connectivity index (χ2v) is 12.9. The molecular formula is C29H43FN6O5. The molecule has 12 heteroatoms. The van der Waals surface area contributed by atoms with E-state index >= 15 is 0 Å². The highest BCUT2D eigenvalue weighted by atomic mass is 19.1. The van der Waals surface area contributed by atoms with E-state index in [1.54, 1.807) is 25.7 Å². The number of rotatable bonds is 6. The largest absolute Gasteiger partial charge is 0.446 e. The van der Waals surface area contributed by atoms with Crippen molar-refractivity contribution in [3.8, 4) is 0 Å². The Hall–Kier alpha value is -3.15. The monoisotopic (exact) mass is 574 g/mol. The molecule has 0 atom stereocenters. The van der Waals surface area contributed by atoms with Crippen molar-refractivity contribution in [2.24, 2.45) is 0 Å². The van der Waals surface area contributed by atoms with Gasteiger partial charge in [0.2, 0.25) is 0 Å². The summed E-state index contributed by atoms with van der Waals surface area (Å²) in [6, 6.07) is 2.25. The fraction of sp³-hybridized carbons (Fsp3) is 0.724. The van der Waals surface area contributed by atoms with Crippen molar-refractivity contribution in [1.29, 1.82) is 0 Å². The Bertz CT molecular complexity index is 1240. The van der Waals surface area contributed by atoms with Gasteiger partial charge in [-0.05, 0) is 52.4 Å². The van der Waals surface area contributed by atoms with E-state index in [4.69, 9.17) is 19.2 Å². The van der Waals surface area contributed by atoms with Crippen molar-refractivity contribution in [1.82, 2.24) is 24.4 Å². The van der Waals surface area contributed by atoms with E-state index in [9.17, 15) is 14.0 Å². The van der Waals surface area contributed by atoms with Gasteiger partial charge in [-0.15, -0.1) is 0 Å². The number of nitrogens with one attached hydrogen (secondary N) is 1. The number of aromatic nitrogens is 3. The molecule has 11 nitrogen and oxygen atoms in total. The number of amides is 2. The van der Waals surface area contributed by atoms with Crippen LogP contribution in [-0.4, -0.2) is 99.9 Å². The molecule has 3 aliphatic heterocycles. The summed E-state index contributed by atoms with van der Waals surface area (Å²) in [5.74, 6) is 1.56. The predicted molar refractivity (Wildman–Crippen MR) is 151 cm³/mol. The molecule has 0 saturated carbocycles. The van der Waals surface area contributed by atoms with Gasteiger partial charge in [0.1, 0.15) is 18.0 Å². The molecule has 0 spiro atoms. The molecule has 5 rings (SSSR count). The molecule has 41 heavy (non-hydrogen) atoms. The van der Waals surface area contributed by atoms with E-state index in [1.807, 2.05) is 10.7 Å². The second-order valence-electron chi connectivity index (χ2n) is 12.9. The van der Waals surface area contributed by atoms with Crippen LogP contribution in [0.4, 0.5) is 19.8 Å². The van der Waals surface area contributed by atoms with Gasteiger partial charge in [-0.2, -0.15) is 9.61 Å². The molecule has 2 aromatic heterocycles. The van der Waals surface area contributed by atoms with E-state index in [0.29, 0.717) is 24.9 Å². The van der Waals surface area contributed by atoms with Gasteiger partial charge in [0.15, 0.2) is 11.3 Å². The van der Waals surface area contributed by atoms with Crippen LogP contribution in [0.2, 0.25) is 0 Å². The van der Waals surface area contributed by atoms with E-state index < -0.39 is 23.5 Å². The minimum Gasteiger partial charge on any atom is -0.446 e. The molecule has 2 aromatic rings. The third kappa shape index (κ3) is 6.85. The maximum absolute atomic E-state index is 15.0. The van der Waals surface area contributed by atoms with Gasteiger partial charge in [0.25, 0.3) is 0 Å². The molecular weight excluding hydrogens is 531 g/mol. The van der Waals surface area contributed by atoms with E-state index in [-0.39, 0.29) is 25.7 Å². The van der Waals surface area contributed by atoms with Crippen LogP contribution in [0.3, 0.4) is 0 Å². The van der Waals surface area contributed by atoms with Crippen LogP contribution >= 0.6 is 0 Å². The molecule has 0 radical (unpaired) electrons. The molecule has 3 saturated heterocycles. The molecule has 0 unspecified atom stereocenters. The first-order valence-electron chi connectivity index (χ1n) is 14.7. The summed E-state index contributed by atoms with van der Waals surface area (Å²) >= 11 is 0. The highest BCUT2D eigenvalue weighted by molar-refractivity contribution is 5.70. The lowest BCUT2D eigenvalue weighted by atomic mass is 9.96. The smallest absolute Gasteiger partial charge is 0.410 e. The number of anilines is 1. The third-order valence-electron chi connectivity index (χ3n) is 7.94. The van der Waals surface area contributed by atoms with Crippen molar-refractivity contribution in [2.45, 2.75) is 89.4 Å². The van der Waals surface area contributed by atoms with Gasteiger partial charge < -0.3 is 29.3 Å². The van der Waals surface area contributed by atoms with Gasteiger partial charge in [-0.25, -0.2) is 19.0 Å². The predicted octanol–water partition coefficient (Wildman–Crippen LogP) is 4.72. The molecule has 0 aromatic carbocycles. The summed E-state index contributed by atoms with van der Waals surface area (Å²) in [7, 11) is 0. The molecule has 0 bridgehead atoms. The second kappa shape index (κ2) is 11.6. The third-order valence-corrected chi connectivity index (χ3v) is 7.94. The normalized spacial score (nSPS) is 20.3. The van der Waals surface area contributed by atoms with Crippen LogP contribution in [0, 0.1) is 0 Å². The number of carbonyl (C=O) groups excluding carboxylic acids is 2. The number of ether oxygens (including phenoxy) is 3. The van der Waals surface area contributed by atoms with E-state index in [0.717, 1.165) is 61.6 Å². The minimum atomic E-state index is -1.75. The fourth-order valence-electron chi connectivity index (χ4n) is 5.59. The zero-order chi connectivity index (χ0) is 29.4. The van der Waals surface area contributed by atoms with Gasteiger partial charge in [-0.1, -0.05) is 13.8 Å². The lowest BCUT2D eigenvalue weighted by Gasteiger charge is -2.44. The first-order chi connectivity index (χ1) is 19.4. The fourth-order valence-corrected chi connectivity index (χ4v) is 5.59. The van der Waals surface area contributed by atoms with Gasteiger partial charge in [-0.3, -0.25) is 0 Å².